The summed E-state index contributed by atoms with van der Waals surface area (Å²) in [6.07, 6.45) is 0. The van der Waals surface area contributed by atoms with Crippen LogP contribution in [0.15, 0.2) is 42.5 Å². The first kappa shape index (κ1) is 11.8. The monoisotopic (exact) mass is 232 g/mol. The van der Waals surface area contributed by atoms with Crippen LogP contribution in [0.3, 0.4) is 0 Å². The first-order chi connectivity index (χ1) is 8.26. The second-order valence-corrected chi connectivity index (χ2v) is 3.77. The van der Waals surface area contributed by atoms with Gasteiger partial charge in [0.1, 0.15) is 5.82 Å². The van der Waals surface area contributed by atoms with Gasteiger partial charge in [-0.1, -0.05) is 30.3 Å². The molecule has 2 nitrogen and oxygen atoms in total. The van der Waals surface area contributed by atoms with E-state index >= 15 is 0 Å². The zero-order valence-electron chi connectivity index (χ0n) is 9.23. The van der Waals surface area contributed by atoms with Crippen molar-refractivity contribution in [3.05, 3.63) is 59.4 Å². The maximum Gasteiger partial charge on any atom is 0.123 e. The molecule has 0 aliphatic heterocycles. The number of halogens is 1. The fourth-order valence-corrected chi connectivity index (χ4v) is 1.87. The van der Waals surface area contributed by atoms with Crippen molar-refractivity contribution in [2.75, 3.05) is 0 Å². The molecule has 0 aliphatic carbocycles. The number of aliphatic hydroxyl groups is 2. The summed E-state index contributed by atoms with van der Waals surface area (Å²) in [5, 5.41) is 18.6. The predicted octanol–water partition coefficient (Wildman–Crippen LogP) is 2.48. The SMILES string of the molecule is OCc1cccc(-c2ccc(F)cc2)c1CO. The number of benzene rings is 2. The maximum atomic E-state index is 12.8. The molecule has 2 aromatic carbocycles. The topological polar surface area (TPSA) is 40.5 Å². The van der Waals surface area contributed by atoms with Gasteiger partial charge in [-0.15, -0.1) is 0 Å². The highest BCUT2D eigenvalue weighted by molar-refractivity contribution is 5.68. The third kappa shape index (κ3) is 2.35. The molecule has 0 radical (unpaired) electrons. The molecular formula is C14H13FO2. The number of hydrogen-bond acceptors (Lipinski definition) is 2. The van der Waals surface area contributed by atoms with Crippen LogP contribution in [-0.2, 0) is 13.2 Å². The zero-order chi connectivity index (χ0) is 12.3. The molecule has 0 bridgehead atoms. The average molecular weight is 232 g/mol. The zero-order valence-corrected chi connectivity index (χ0v) is 9.23. The molecule has 2 aromatic rings. The highest BCUT2D eigenvalue weighted by atomic mass is 19.1. The summed E-state index contributed by atoms with van der Waals surface area (Å²) >= 11 is 0. The van der Waals surface area contributed by atoms with Crippen LogP contribution >= 0.6 is 0 Å². The number of aliphatic hydroxyl groups excluding tert-OH is 2. The van der Waals surface area contributed by atoms with Crippen LogP contribution in [0.5, 0.6) is 0 Å². The molecule has 0 aromatic heterocycles. The molecule has 88 valence electrons. The number of rotatable bonds is 3. The third-order valence-electron chi connectivity index (χ3n) is 2.76. The first-order valence-corrected chi connectivity index (χ1v) is 5.34. The summed E-state index contributed by atoms with van der Waals surface area (Å²) in [5.41, 5.74) is 3.01. The van der Waals surface area contributed by atoms with Crippen LogP contribution in [0.2, 0.25) is 0 Å². The highest BCUT2D eigenvalue weighted by Crippen LogP contribution is 2.26. The Bertz CT molecular complexity index is 506. The maximum absolute atomic E-state index is 12.8. The summed E-state index contributed by atoms with van der Waals surface area (Å²) < 4.78 is 12.8. The van der Waals surface area contributed by atoms with Gasteiger partial charge in [-0.2, -0.15) is 0 Å². The van der Waals surface area contributed by atoms with E-state index in [1.807, 2.05) is 12.1 Å². The van der Waals surface area contributed by atoms with Gasteiger partial charge in [-0.05, 0) is 34.4 Å². The molecule has 2 N–H and O–H groups in total. The van der Waals surface area contributed by atoms with Crippen LogP contribution in [0.25, 0.3) is 11.1 Å². The molecule has 0 saturated carbocycles. The van der Waals surface area contributed by atoms with E-state index in [4.69, 9.17) is 0 Å². The minimum absolute atomic E-state index is 0.120. The van der Waals surface area contributed by atoms with Gasteiger partial charge >= 0.3 is 0 Å². The molecule has 0 heterocycles. The minimum Gasteiger partial charge on any atom is -0.392 e. The van der Waals surface area contributed by atoms with Crippen LogP contribution in [-0.4, -0.2) is 10.2 Å². The Morgan fingerprint density at radius 3 is 2.18 bits per heavy atom. The Balaban J connectivity index is 2.54. The smallest absolute Gasteiger partial charge is 0.123 e. The van der Waals surface area contributed by atoms with Crippen molar-refractivity contribution in [1.82, 2.24) is 0 Å². The van der Waals surface area contributed by atoms with Gasteiger partial charge in [0.25, 0.3) is 0 Å². The predicted molar refractivity (Wildman–Crippen MR) is 63.7 cm³/mol. The van der Waals surface area contributed by atoms with Gasteiger partial charge in [0.15, 0.2) is 0 Å². The van der Waals surface area contributed by atoms with Crippen molar-refractivity contribution < 1.29 is 14.6 Å². The molecule has 0 unspecified atom stereocenters. The molecule has 2 rings (SSSR count). The highest BCUT2D eigenvalue weighted by Gasteiger charge is 2.08. The van der Waals surface area contributed by atoms with E-state index in [0.29, 0.717) is 11.1 Å². The van der Waals surface area contributed by atoms with Crippen LogP contribution in [0, 0.1) is 5.82 Å². The van der Waals surface area contributed by atoms with Gasteiger partial charge < -0.3 is 10.2 Å². The molecule has 0 fully saturated rings. The van der Waals surface area contributed by atoms with E-state index in [1.165, 1.54) is 12.1 Å². The molecule has 0 aliphatic rings. The van der Waals surface area contributed by atoms with Crippen molar-refractivity contribution in [2.45, 2.75) is 13.2 Å². The van der Waals surface area contributed by atoms with E-state index in [1.54, 1.807) is 18.2 Å². The Kier molecular flexibility index (Phi) is 3.52. The molecule has 0 spiro atoms. The molecule has 0 saturated heterocycles. The van der Waals surface area contributed by atoms with E-state index < -0.39 is 0 Å². The molecule has 17 heavy (non-hydrogen) atoms. The lowest BCUT2D eigenvalue weighted by Crippen LogP contribution is -1.97. The minimum atomic E-state index is -0.294. The Morgan fingerprint density at radius 2 is 1.59 bits per heavy atom. The lowest BCUT2D eigenvalue weighted by molar-refractivity contribution is 0.260. The van der Waals surface area contributed by atoms with Crippen molar-refractivity contribution in [1.29, 1.82) is 0 Å². The van der Waals surface area contributed by atoms with Crippen molar-refractivity contribution >= 4 is 0 Å². The average Bonchev–Trinajstić information content (AvgIpc) is 2.38. The molecule has 0 amide bonds. The van der Waals surface area contributed by atoms with Gasteiger partial charge in [-0.3, -0.25) is 0 Å². The third-order valence-corrected chi connectivity index (χ3v) is 2.76. The Morgan fingerprint density at radius 1 is 0.882 bits per heavy atom. The van der Waals surface area contributed by atoms with E-state index in [0.717, 1.165) is 11.1 Å². The van der Waals surface area contributed by atoms with E-state index in [2.05, 4.69) is 0 Å². The second kappa shape index (κ2) is 5.08. The fraction of sp³-hybridized carbons (Fsp3) is 0.143. The lowest BCUT2D eigenvalue weighted by Gasteiger charge is -2.11. The van der Waals surface area contributed by atoms with Crippen molar-refractivity contribution in [3.63, 3.8) is 0 Å². The Hall–Kier alpha value is -1.71. The van der Waals surface area contributed by atoms with Crippen molar-refractivity contribution in [3.8, 4) is 11.1 Å². The van der Waals surface area contributed by atoms with Crippen molar-refractivity contribution in [2.24, 2.45) is 0 Å². The van der Waals surface area contributed by atoms with Crippen LogP contribution < -0.4 is 0 Å². The molecular weight excluding hydrogens is 219 g/mol. The largest absolute Gasteiger partial charge is 0.392 e. The summed E-state index contributed by atoms with van der Waals surface area (Å²) in [4.78, 5) is 0. The second-order valence-electron chi connectivity index (χ2n) is 3.77. The van der Waals surface area contributed by atoms with Crippen LogP contribution in [0.1, 0.15) is 11.1 Å². The molecule has 0 atom stereocenters. The first-order valence-electron chi connectivity index (χ1n) is 5.34. The lowest BCUT2D eigenvalue weighted by atomic mass is 9.96. The van der Waals surface area contributed by atoms with Gasteiger partial charge in [0.2, 0.25) is 0 Å². The standard InChI is InChI=1S/C14H13FO2/c15-12-6-4-10(5-7-12)13-3-1-2-11(8-16)14(13)9-17/h1-7,16-17H,8-9H2. The Labute approximate surface area is 99.0 Å². The normalized spacial score (nSPS) is 10.5. The van der Waals surface area contributed by atoms with Gasteiger partial charge in [0, 0.05) is 0 Å². The summed E-state index contributed by atoms with van der Waals surface area (Å²) in [5.74, 6) is -0.294. The van der Waals surface area contributed by atoms with Gasteiger partial charge in [-0.25, -0.2) is 4.39 Å². The van der Waals surface area contributed by atoms with E-state index in [-0.39, 0.29) is 19.0 Å². The van der Waals surface area contributed by atoms with Gasteiger partial charge in [0.05, 0.1) is 13.2 Å². The van der Waals surface area contributed by atoms with Crippen LogP contribution in [0.4, 0.5) is 4.39 Å². The van der Waals surface area contributed by atoms with E-state index in [9.17, 15) is 14.6 Å². The summed E-state index contributed by atoms with van der Waals surface area (Å²) in [6, 6.07) is 11.5. The molecule has 3 heteroatoms. The quantitative estimate of drug-likeness (QED) is 0.853. The summed E-state index contributed by atoms with van der Waals surface area (Å²) in [6.45, 7) is -0.269. The number of hydrogen-bond donors (Lipinski definition) is 2. The fourth-order valence-electron chi connectivity index (χ4n) is 1.87. The summed E-state index contributed by atoms with van der Waals surface area (Å²) in [7, 11) is 0.